The SMILES string of the molecule is CCCCCOc1ccc(/C=N/NC(=O)c2cc(-c3ccc(OCc4ccccc4Cl)cc3)n[nH]2)cc1. The number of aromatic nitrogens is 2. The Kier molecular flexibility index (Phi) is 9.32. The minimum absolute atomic E-state index is 0.307. The number of hydrazone groups is 1. The Morgan fingerprint density at radius 2 is 1.73 bits per heavy atom. The molecule has 37 heavy (non-hydrogen) atoms. The summed E-state index contributed by atoms with van der Waals surface area (Å²) in [4.78, 5) is 12.5. The van der Waals surface area contributed by atoms with Crippen molar-refractivity contribution in [2.45, 2.75) is 32.8 Å². The average molecular weight is 517 g/mol. The summed E-state index contributed by atoms with van der Waals surface area (Å²) in [7, 11) is 0. The standard InChI is InChI=1S/C29H29ClN4O3/c1-2-3-6-17-36-24-13-9-21(10-14-24)19-31-34-29(35)28-18-27(32-33-28)22-11-15-25(16-12-22)37-20-23-7-4-5-8-26(23)30/h4-5,7-16,18-19H,2-3,6,17,20H2,1H3,(H,32,33)(H,34,35)/b31-19+. The van der Waals surface area contributed by atoms with Gasteiger partial charge in [-0.3, -0.25) is 9.89 Å². The van der Waals surface area contributed by atoms with Gasteiger partial charge in [-0.2, -0.15) is 10.2 Å². The van der Waals surface area contributed by atoms with Crippen molar-refractivity contribution in [1.82, 2.24) is 15.6 Å². The van der Waals surface area contributed by atoms with Crippen molar-refractivity contribution in [3.8, 4) is 22.8 Å². The van der Waals surface area contributed by atoms with Crippen molar-refractivity contribution in [2.75, 3.05) is 6.61 Å². The number of unbranched alkanes of at least 4 members (excludes halogenated alkanes) is 2. The summed E-state index contributed by atoms with van der Waals surface area (Å²) in [6.07, 6.45) is 4.95. The van der Waals surface area contributed by atoms with E-state index in [-0.39, 0.29) is 5.91 Å². The largest absolute Gasteiger partial charge is 0.494 e. The molecule has 4 rings (SSSR count). The first kappa shape index (κ1) is 26.0. The van der Waals surface area contributed by atoms with E-state index in [0.29, 0.717) is 35.4 Å². The Balaban J connectivity index is 1.27. The third kappa shape index (κ3) is 7.69. The minimum atomic E-state index is -0.384. The molecule has 0 fully saturated rings. The predicted octanol–water partition coefficient (Wildman–Crippen LogP) is 6.64. The first-order chi connectivity index (χ1) is 18.1. The fourth-order valence-electron chi connectivity index (χ4n) is 3.50. The van der Waals surface area contributed by atoms with Crippen LogP contribution < -0.4 is 14.9 Å². The number of carbonyl (C=O) groups excluding carboxylic acids is 1. The molecule has 190 valence electrons. The number of nitrogens with one attached hydrogen (secondary N) is 2. The van der Waals surface area contributed by atoms with E-state index in [1.807, 2.05) is 72.8 Å². The van der Waals surface area contributed by atoms with Crippen LogP contribution in [0.5, 0.6) is 11.5 Å². The third-order valence-electron chi connectivity index (χ3n) is 5.60. The zero-order valence-electron chi connectivity index (χ0n) is 20.6. The highest BCUT2D eigenvalue weighted by molar-refractivity contribution is 6.31. The Hall–Kier alpha value is -4.10. The van der Waals surface area contributed by atoms with E-state index in [4.69, 9.17) is 21.1 Å². The maximum Gasteiger partial charge on any atom is 0.289 e. The monoisotopic (exact) mass is 516 g/mol. The van der Waals surface area contributed by atoms with Gasteiger partial charge in [-0.15, -0.1) is 0 Å². The highest BCUT2D eigenvalue weighted by Gasteiger charge is 2.11. The van der Waals surface area contributed by atoms with Crippen LogP contribution in [0, 0.1) is 0 Å². The van der Waals surface area contributed by atoms with Crippen LogP contribution >= 0.6 is 11.6 Å². The van der Waals surface area contributed by atoms with Crippen LogP contribution in [-0.2, 0) is 6.61 Å². The molecule has 8 heteroatoms. The first-order valence-electron chi connectivity index (χ1n) is 12.2. The van der Waals surface area contributed by atoms with Crippen LogP contribution in [0.1, 0.15) is 47.8 Å². The molecule has 0 aliphatic rings. The lowest BCUT2D eigenvalue weighted by molar-refractivity contribution is 0.0950. The lowest BCUT2D eigenvalue weighted by atomic mass is 10.1. The van der Waals surface area contributed by atoms with Crippen molar-refractivity contribution in [3.05, 3.63) is 101 Å². The van der Waals surface area contributed by atoms with Crippen LogP contribution in [0.2, 0.25) is 5.02 Å². The first-order valence-corrected chi connectivity index (χ1v) is 12.6. The van der Waals surface area contributed by atoms with Crippen molar-refractivity contribution in [2.24, 2.45) is 5.10 Å². The van der Waals surface area contributed by atoms with Gasteiger partial charge < -0.3 is 9.47 Å². The molecule has 0 radical (unpaired) electrons. The molecule has 3 aromatic carbocycles. The van der Waals surface area contributed by atoms with Crippen LogP contribution in [0.25, 0.3) is 11.3 Å². The summed E-state index contributed by atoms with van der Waals surface area (Å²) in [6.45, 7) is 3.26. The highest BCUT2D eigenvalue weighted by Crippen LogP contribution is 2.23. The Morgan fingerprint density at radius 3 is 2.49 bits per heavy atom. The lowest BCUT2D eigenvalue weighted by Crippen LogP contribution is -2.17. The molecule has 0 unspecified atom stereocenters. The van der Waals surface area contributed by atoms with Crippen molar-refractivity contribution < 1.29 is 14.3 Å². The maximum atomic E-state index is 12.5. The summed E-state index contributed by atoms with van der Waals surface area (Å²) in [5.74, 6) is 1.15. The fraction of sp³-hybridized carbons (Fsp3) is 0.207. The number of aromatic amines is 1. The Bertz CT molecular complexity index is 1320. The van der Waals surface area contributed by atoms with Gasteiger partial charge in [0.15, 0.2) is 0 Å². The van der Waals surface area contributed by atoms with Crippen LogP contribution in [-0.4, -0.2) is 28.9 Å². The van der Waals surface area contributed by atoms with Gasteiger partial charge in [0, 0.05) is 16.1 Å². The molecule has 0 aliphatic carbocycles. The molecule has 1 heterocycles. The van der Waals surface area contributed by atoms with Gasteiger partial charge in [0.2, 0.25) is 0 Å². The molecular formula is C29H29ClN4O3. The Labute approximate surface area is 221 Å². The maximum absolute atomic E-state index is 12.5. The topological polar surface area (TPSA) is 88.6 Å². The van der Waals surface area contributed by atoms with Crippen LogP contribution in [0.4, 0.5) is 0 Å². The zero-order valence-corrected chi connectivity index (χ0v) is 21.4. The minimum Gasteiger partial charge on any atom is -0.494 e. The van der Waals surface area contributed by atoms with Gasteiger partial charge in [0.1, 0.15) is 23.8 Å². The van der Waals surface area contributed by atoms with Gasteiger partial charge >= 0.3 is 0 Å². The summed E-state index contributed by atoms with van der Waals surface area (Å²) in [6, 6.07) is 24.3. The van der Waals surface area contributed by atoms with E-state index in [1.165, 1.54) is 6.42 Å². The van der Waals surface area contributed by atoms with Crippen molar-refractivity contribution in [3.63, 3.8) is 0 Å². The number of halogens is 1. The van der Waals surface area contributed by atoms with Gasteiger partial charge in [0.05, 0.1) is 18.5 Å². The normalized spacial score (nSPS) is 11.0. The molecule has 0 atom stereocenters. The third-order valence-corrected chi connectivity index (χ3v) is 5.97. The number of H-pyrrole nitrogens is 1. The molecule has 0 saturated heterocycles. The molecule has 2 N–H and O–H groups in total. The lowest BCUT2D eigenvalue weighted by Gasteiger charge is -2.08. The van der Waals surface area contributed by atoms with E-state index < -0.39 is 0 Å². The van der Waals surface area contributed by atoms with Crippen molar-refractivity contribution >= 4 is 23.7 Å². The molecular weight excluding hydrogens is 488 g/mol. The molecule has 0 saturated carbocycles. The van der Waals surface area contributed by atoms with Gasteiger partial charge in [-0.1, -0.05) is 49.6 Å². The van der Waals surface area contributed by atoms with Gasteiger partial charge in [-0.25, -0.2) is 5.43 Å². The number of amides is 1. The van der Waals surface area contributed by atoms with Crippen LogP contribution in [0.15, 0.2) is 84.0 Å². The number of ether oxygens (including phenoxy) is 2. The second-order valence-electron chi connectivity index (χ2n) is 8.40. The average Bonchev–Trinajstić information content (AvgIpc) is 3.42. The summed E-state index contributed by atoms with van der Waals surface area (Å²) in [5, 5.41) is 11.7. The summed E-state index contributed by atoms with van der Waals surface area (Å²) < 4.78 is 11.5. The Morgan fingerprint density at radius 1 is 1.00 bits per heavy atom. The zero-order chi connectivity index (χ0) is 25.9. The second kappa shape index (κ2) is 13.3. The number of hydrogen-bond acceptors (Lipinski definition) is 5. The quantitative estimate of drug-likeness (QED) is 0.125. The van der Waals surface area contributed by atoms with E-state index in [1.54, 1.807) is 12.3 Å². The molecule has 0 spiro atoms. The van der Waals surface area contributed by atoms with Crippen LogP contribution in [0.3, 0.4) is 0 Å². The number of hydrogen-bond donors (Lipinski definition) is 2. The summed E-state index contributed by atoms with van der Waals surface area (Å²) >= 11 is 6.18. The summed E-state index contributed by atoms with van der Waals surface area (Å²) in [5.41, 5.74) is 6.08. The van der Waals surface area contributed by atoms with E-state index >= 15 is 0 Å². The molecule has 0 bridgehead atoms. The predicted molar refractivity (Wildman–Crippen MR) is 146 cm³/mol. The molecule has 0 aliphatic heterocycles. The van der Waals surface area contributed by atoms with Crippen molar-refractivity contribution in [1.29, 1.82) is 0 Å². The molecule has 1 amide bonds. The van der Waals surface area contributed by atoms with Gasteiger partial charge in [0.25, 0.3) is 5.91 Å². The molecule has 4 aromatic rings. The number of carbonyl (C=O) groups is 1. The van der Waals surface area contributed by atoms with E-state index in [2.05, 4.69) is 27.6 Å². The molecule has 1 aromatic heterocycles. The fourth-order valence-corrected chi connectivity index (χ4v) is 3.69. The number of benzene rings is 3. The van der Waals surface area contributed by atoms with E-state index in [9.17, 15) is 4.79 Å². The number of rotatable bonds is 12. The number of nitrogens with zero attached hydrogens (tertiary/aromatic N) is 2. The van der Waals surface area contributed by atoms with E-state index in [0.717, 1.165) is 35.3 Å². The highest BCUT2D eigenvalue weighted by atomic mass is 35.5. The smallest absolute Gasteiger partial charge is 0.289 e. The van der Waals surface area contributed by atoms with Gasteiger partial charge in [-0.05, 0) is 72.6 Å². The molecule has 7 nitrogen and oxygen atoms in total. The second-order valence-corrected chi connectivity index (χ2v) is 8.80.